The maximum absolute atomic E-state index is 5.66. The van der Waals surface area contributed by atoms with Gasteiger partial charge in [-0.05, 0) is 13.8 Å². The molecule has 8 heteroatoms. The van der Waals surface area contributed by atoms with E-state index in [0.717, 1.165) is 5.69 Å². The highest BCUT2D eigenvalue weighted by molar-refractivity contribution is 7.07. The van der Waals surface area contributed by atoms with Crippen molar-refractivity contribution in [3.8, 4) is 6.01 Å². The molecule has 0 amide bonds. The van der Waals surface area contributed by atoms with Gasteiger partial charge < -0.3 is 15.4 Å². The van der Waals surface area contributed by atoms with Gasteiger partial charge in [-0.3, -0.25) is 0 Å². The van der Waals surface area contributed by atoms with Crippen LogP contribution in [0.15, 0.2) is 10.9 Å². The zero-order valence-electron chi connectivity index (χ0n) is 11.1. The van der Waals surface area contributed by atoms with Crippen molar-refractivity contribution in [1.82, 2.24) is 19.9 Å². The lowest BCUT2D eigenvalue weighted by Gasteiger charge is -2.17. The van der Waals surface area contributed by atoms with Crippen LogP contribution in [0.4, 0.5) is 11.9 Å². The van der Waals surface area contributed by atoms with E-state index in [4.69, 9.17) is 10.5 Å². The zero-order valence-corrected chi connectivity index (χ0v) is 11.9. The monoisotopic (exact) mass is 280 g/mol. The molecule has 0 fully saturated rings. The van der Waals surface area contributed by atoms with Gasteiger partial charge in [0.05, 0.1) is 23.9 Å². The third kappa shape index (κ3) is 3.75. The highest BCUT2D eigenvalue weighted by Gasteiger charge is 2.12. The molecule has 2 heterocycles. The minimum atomic E-state index is -0.0153. The Kier molecular flexibility index (Phi) is 4.10. The highest BCUT2D eigenvalue weighted by atomic mass is 32.1. The number of anilines is 2. The van der Waals surface area contributed by atoms with Gasteiger partial charge in [0.25, 0.3) is 0 Å². The normalized spacial score (nSPS) is 10.7. The van der Waals surface area contributed by atoms with Crippen molar-refractivity contribution in [2.75, 3.05) is 17.7 Å². The molecule has 0 spiro atoms. The summed E-state index contributed by atoms with van der Waals surface area (Å²) in [6.45, 7) is 4.41. The zero-order chi connectivity index (χ0) is 13.8. The first-order chi connectivity index (χ1) is 9.04. The number of aromatic nitrogens is 4. The smallest absolute Gasteiger partial charge is 0.323 e. The summed E-state index contributed by atoms with van der Waals surface area (Å²) in [4.78, 5) is 18.3. The van der Waals surface area contributed by atoms with E-state index in [2.05, 4.69) is 19.9 Å². The summed E-state index contributed by atoms with van der Waals surface area (Å²) in [5.41, 5.74) is 8.41. The van der Waals surface area contributed by atoms with Crippen LogP contribution in [0, 0.1) is 0 Å². The molecule has 0 saturated heterocycles. The summed E-state index contributed by atoms with van der Waals surface area (Å²) in [7, 11) is 1.87. The maximum Gasteiger partial charge on any atom is 0.323 e. The summed E-state index contributed by atoms with van der Waals surface area (Å²) in [5.74, 6) is 0.613. The molecule has 0 aliphatic heterocycles. The topological polar surface area (TPSA) is 90.0 Å². The van der Waals surface area contributed by atoms with E-state index in [-0.39, 0.29) is 18.1 Å². The Hall–Kier alpha value is -1.96. The van der Waals surface area contributed by atoms with Gasteiger partial charge in [-0.25, -0.2) is 4.98 Å². The third-order valence-electron chi connectivity index (χ3n) is 2.19. The molecule has 0 atom stereocenters. The van der Waals surface area contributed by atoms with Crippen LogP contribution in [0.1, 0.15) is 19.5 Å². The van der Waals surface area contributed by atoms with Crippen molar-refractivity contribution >= 4 is 23.2 Å². The lowest BCUT2D eigenvalue weighted by molar-refractivity contribution is 0.222. The maximum atomic E-state index is 5.66. The summed E-state index contributed by atoms with van der Waals surface area (Å²) in [6, 6.07) is 0.239. The van der Waals surface area contributed by atoms with Crippen molar-refractivity contribution in [2.45, 2.75) is 26.5 Å². The molecule has 2 N–H and O–H groups in total. The van der Waals surface area contributed by atoms with Crippen LogP contribution < -0.4 is 15.4 Å². The number of thiazole rings is 1. The van der Waals surface area contributed by atoms with Gasteiger partial charge in [-0.1, -0.05) is 0 Å². The van der Waals surface area contributed by atoms with E-state index < -0.39 is 0 Å². The summed E-state index contributed by atoms with van der Waals surface area (Å²) in [5, 5.41) is 1.98. The molecule has 0 aromatic carbocycles. The first-order valence-corrected chi connectivity index (χ1v) is 6.75. The Morgan fingerprint density at radius 1 is 1.37 bits per heavy atom. The standard InChI is InChI=1S/C11H16N6OS/c1-7(2)18-11-15-9(12)14-10(16-11)17(3)4-8-5-19-6-13-8/h5-7H,4H2,1-3H3,(H2,12,14,15,16). The lowest BCUT2D eigenvalue weighted by Crippen LogP contribution is -2.21. The van der Waals surface area contributed by atoms with Crippen LogP contribution in [0.3, 0.4) is 0 Å². The molecular weight excluding hydrogens is 264 g/mol. The van der Waals surface area contributed by atoms with E-state index in [1.54, 1.807) is 16.8 Å². The third-order valence-corrected chi connectivity index (χ3v) is 2.82. The predicted molar refractivity (Wildman–Crippen MR) is 74.2 cm³/mol. The second kappa shape index (κ2) is 5.79. The highest BCUT2D eigenvalue weighted by Crippen LogP contribution is 2.15. The van der Waals surface area contributed by atoms with Gasteiger partial charge in [0, 0.05) is 12.4 Å². The molecule has 19 heavy (non-hydrogen) atoms. The molecule has 0 radical (unpaired) electrons. The number of rotatable bonds is 5. The first-order valence-electron chi connectivity index (χ1n) is 5.81. The molecule has 2 aromatic rings. The molecule has 0 aliphatic carbocycles. The Morgan fingerprint density at radius 3 is 2.79 bits per heavy atom. The summed E-state index contributed by atoms with van der Waals surface area (Å²) >= 11 is 1.55. The van der Waals surface area contributed by atoms with E-state index in [0.29, 0.717) is 12.5 Å². The molecule has 102 valence electrons. The van der Waals surface area contributed by atoms with Crippen LogP contribution in [-0.2, 0) is 6.54 Å². The molecule has 7 nitrogen and oxygen atoms in total. The Labute approximate surface area is 115 Å². The lowest BCUT2D eigenvalue weighted by atomic mass is 10.4. The fourth-order valence-electron chi connectivity index (χ4n) is 1.42. The Morgan fingerprint density at radius 2 is 2.16 bits per heavy atom. The number of nitrogens with two attached hydrogens (primary N) is 1. The van der Waals surface area contributed by atoms with Crippen LogP contribution in [0.2, 0.25) is 0 Å². The van der Waals surface area contributed by atoms with Gasteiger partial charge in [0.2, 0.25) is 11.9 Å². The fourth-order valence-corrected chi connectivity index (χ4v) is 1.97. The summed E-state index contributed by atoms with van der Waals surface area (Å²) in [6.07, 6.45) is -0.0153. The quantitative estimate of drug-likeness (QED) is 0.883. The van der Waals surface area contributed by atoms with Crippen molar-refractivity contribution in [3.63, 3.8) is 0 Å². The van der Waals surface area contributed by atoms with Gasteiger partial charge in [0.15, 0.2) is 0 Å². The van der Waals surface area contributed by atoms with Gasteiger partial charge in [0.1, 0.15) is 0 Å². The molecule has 0 unspecified atom stereocenters. The predicted octanol–water partition coefficient (Wildman–Crippen LogP) is 1.33. The largest absolute Gasteiger partial charge is 0.461 e. The van der Waals surface area contributed by atoms with Crippen LogP contribution in [0.25, 0.3) is 0 Å². The molecule has 0 aliphatic rings. The SMILES string of the molecule is CC(C)Oc1nc(N)nc(N(C)Cc2cscn2)n1. The minimum Gasteiger partial charge on any atom is -0.461 e. The first kappa shape index (κ1) is 13.5. The van der Waals surface area contributed by atoms with Crippen molar-refractivity contribution in [2.24, 2.45) is 0 Å². The van der Waals surface area contributed by atoms with Gasteiger partial charge in [-0.15, -0.1) is 11.3 Å². The van der Waals surface area contributed by atoms with Crippen LogP contribution in [-0.4, -0.2) is 33.1 Å². The molecule has 2 aromatic heterocycles. The van der Waals surface area contributed by atoms with Gasteiger partial charge >= 0.3 is 6.01 Å². The van der Waals surface area contributed by atoms with E-state index >= 15 is 0 Å². The molecular formula is C11H16N6OS. The second-order valence-electron chi connectivity index (χ2n) is 4.28. The second-order valence-corrected chi connectivity index (χ2v) is 5.00. The van der Waals surface area contributed by atoms with Crippen molar-refractivity contribution in [3.05, 3.63) is 16.6 Å². The number of hydrogen-bond acceptors (Lipinski definition) is 8. The fraction of sp³-hybridized carbons (Fsp3) is 0.455. The van der Waals surface area contributed by atoms with Crippen molar-refractivity contribution in [1.29, 1.82) is 0 Å². The van der Waals surface area contributed by atoms with Gasteiger partial charge in [-0.2, -0.15) is 15.0 Å². The molecule has 0 bridgehead atoms. The minimum absolute atomic E-state index is 0.0153. The number of hydrogen-bond donors (Lipinski definition) is 1. The molecule has 0 saturated carbocycles. The van der Waals surface area contributed by atoms with E-state index in [1.165, 1.54) is 0 Å². The average Bonchev–Trinajstić information content (AvgIpc) is 2.80. The van der Waals surface area contributed by atoms with Crippen molar-refractivity contribution < 1.29 is 4.74 Å². The van der Waals surface area contributed by atoms with E-state index in [1.807, 2.05) is 31.2 Å². The average molecular weight is 280 g/mol. The summed E-state index contributed by atoms with van der Waals surface area (Å²) < 4.78 is 5.44. The number of nitrogens with zero attached hydrogens (tertiary/aromatic N) is 5. The van der Waals surface area contributed by atoms with Crippen LogP contribution >= 0.6 is 11.3 Å². The van der Waals surface area contributed by atoms with Crippen LogP contribution in [0.5, 0.6) is 6.01 Å². The number of ether oxygens (including phenoxy) is 1. The van der Waals surface area contributed by atoms with E-state index in [9.17, 15) is 0 Å². The molecule has 2 rings (SSSR count). The Balaban J connectivity index is 2.16. The number of nitrogen functional groups attached to an aromatic ring is 1. The Bertz CT molecular complexity index is 530.